The zero-order valence-electron chi connectivity index (χ0n) is 10.2. The molecule has 1 aromatic rings. The van der Waals surface area contributed by atoms with E-state index in [1.54, 1.807) is 18.2 Å². The van der Waals surface area contributed by atoms with Crippen LogP contribution in [0, 0.1) is 0 Å². The number of hydrogen-bond acceptors (Lipinski definition) is 3. The first-order chi connectivity index (χ1) is 8.63. The quantitative estimate of drug-likeness (QED) is 0.867. The largest absolute Gasteiger partial charge is 0.491 e. The summed E-state index contributed by atoms with van der Waals surface area (Å²) in [5.41, 5.74) is -0.143. The molecule has 0 aliphatic heterocycles. The summed E-state index contributed by atoms with van der Waals surface area (Å²) < 4.78 is 6.37. The van der Waals surface area contributed by atoms with Crippen LogP contribution < -0.4 is 4.74 Å². The second-order valence-electron chi connectivity index (χ2n) is 4.87. The van der Waals surface area contributed by atoms with Crippen molar-refractivity contribution in [3.63, 3.8) is 0 Å². The summed E-state index contributed by atoms with van der Waals surface area (Å²) >= 11 is 3.29. The van der Waals surface area contributed by atoms with Gasteiger partial charge < -0.3 is 9.84 Å². The lowest BCUT2D eigenvalue weighted by atomic mass is 9.85. The molecular weight excluding hydrogens is 296 g/mol. The van der Waals surface area contributed by atoms with Crippen LogP contribution in [-0.2, 0) is 0 Å². The highest BCUT2D eigenvalue weighted by atomic mass is 79.9. The standard InChI is InChI=1S/C14H17BrO3/c15-13-5-4-12(8-11(13)9-16)18-10-14(17)6-2-1-3-7-14/h4-5,8-9,17H,1-3,6-7,10H2. The third-order valence-corrected chi connectivity index (χ3v) is 4.11. The van der Waals surface area contributed by atoms with Gasteiger partial charge in [-0.3, -0.25) is 4.79 Å². The number of ether oxygens (including phenoxy) is 1. The number of benzene rings is 1. The van der Waals surface area contributed by atoms with Gasteiger partial charge in [0, 0.05) is 10.0 Å². The minimum Gasteiger partial charge on any atom is -0.491 e. The van der Waals surface area contributed by atoms with Gasteiger partial charge in [-0.15, -0.1) is 0 Å². The summed E-state index contributed by atoms with van der Waals surface area (Å²) in [6, 6.07) is 5.26. The molecule has 3 nitrogen and oxygen atoms in total. The number of aliphatic hydroxyl groups is 1. The van der Waals surface area contributed by atoms with Gasteiger partial charge in [-0.05, 0) is 31.0 Å². The fourth-order valence-electron chi connectivity index (χ4n) is 2.27. The lowest BCUT2D eigenvalue weighted by Gasteiger charge is -2.31. The van der Waals surface area contributed by atoms with E-state index in [4.69, 9.17) is 4.74 Å². The molecule has 0 bridgehead atoms. The van der Waals surface area contributed by atoms with Crippen LogP contribution in [0.25, 0.3) is 0 Å². The molecule has 1 aliphatic carbocycles. The first kappa shape index (κ1) is 13.6. The van der Waals surface area contributed by atoms with Gasteiger partial charge in [-0.2, -0.15) is 0 Å². The van der Waals surface area contributed by atoms with Crippen LogP contribution >= 0.6 is 15.9 Å². The molecule has 1 saturated carbocycles. The average molecular weight is 313 g/mol. The van der Waals surface area contributed by atoms with Gasteiger partial charge in [-0.25, -0.2) is 0 Å². The van der Waals surface area contributed by atoms with E-state index in [0.717, 1.165) is 36.4 Å². The van der Waals surface area contributed by atoms with Gasteiger partial charge in [0.2, 0.25) is 0 Å². The van der Waals surface area contributed by atoms with Gasteiger partial charge in [-0.1, -0.05) is 35.2 Å². The van der Waals surface area contributed by atoms with Gasteiger partial charge in [0.05, 0.1) is 5.60 Å². The van der Waals surface area contributed by atoms with Crippen molar-refractivity contribution in [2.45, 2.75) is 37.7 Å². The first-order valence-corrected chi connectivity index (χ1v) is 7.02. The first-order valence-electron chi connectivity index (χ1n) is 6.23. The molecular formula is C14H17BrO3. The number of aldehydes is 1. The molecule has 18 heavy (non-hydrogen) atoms. The minimum absolute atomic E-state index is 0.299. The monoisotopic (exact) mass is 312 g/mol. The summed E-state index contributed by atoms with van der Waals surface area (Å²) in [7, 11) is 0. The molecule has 0 atom stereocenters. The van der Waals surface area contributed by atoms with Crippen LogP contribution in [0.3, 0.4) is 0 Å². The van der Waals surface area contributed by atoms with Crippen LogP contribution in [0.4, 0.5) is 0 Å². The fraction of sp³-hybridized carbons (Fsp3) is 0.500. The van der Waals surface area contributed by atoms with Gasteiger partial charge in [0.1, 0.15) is 12.4 Å². The fourth-order valence-corrected chi connectivity index (χ4v) is 2.61. The summed E-state index contributed by atoms with van der Waals surface area (Å²) in [6.07, 6.45) is 5.68. The maximum absolute atomic E-state index is 10.8. The lowest BCUT2D eigenvalue weighted by molar-refractivity contribution is -0.0339. The van der Waals surface area contributed by atoms with E-state index in [0.29, 0.717) is 17.9 Å². The lowest BCUT2D eigenvalue weighted by Crippen LogP contribution is -2.37. The van der Waals surface area contributed by atoms with Crippen LogP contribution in [0.5, 0.6) is 5.75 Å². The van der Waals surface area contributed by atoms with Crippen molar-refractivity contribution in [3.05, 3.63) is 28.2 Å². The minimum atomic E-state index is -0.702. The molecule has 0 unspecified atom stereocenters. The maximum Gasteiger partial charge on any atom is 0.151 e. The Kier molecular flexibility index (Phi) is 4.40. The summed E-state index contributed by atoms with van der Waals surface area (Å²) in [5, 5.41) is 10.3. The molecule has 1 fully saturated rings. The van der Waals surface area contributed by atoms with Gasteiger partial charge >= 0.3 is 0 Å². The normalized spacial score (nSPS) is 18.3. The third kappa shape index (κ3) is 3.33. The Hall–Kier alpha value is -0.870. The molecule has 0 saturated heterocycles. The van der Waals surface area contributed by atoms with E-state index in [-0.39, 0.29) is 0 Å². The maximum atomic E-state index is 10.8. The van der Waals surface area contributed by atoms with E-state index < -0.39 is 5.60 Å². The number of rotatable bonds is 4. The Balaban J connectivity index is 1.99. The van der Waals surface area contributed by atoms with Gasteiger partial charge in [0.25, 0.3) is 0 Å². The molecule has 0 radical (unpaired) electrons. The number of carbonyl (C=O) groups excluding carboxylic acids is 1. The van der Waals surface area contributed by atoms with E-state index in [1.807, 2.05) is 0 Å². The second kappa shape index (κ2) is 5.85. The van der Waals surface area contributed by atoms with Crippen LogP contribution in [0.2, 0.25) is 0 Å². The Bertz CT molecular complexity index is 425. The topological polar surface area (TPSA) is 46.5 Å². The van der Waals surface area contributed by atoms with Crippen molar-refractivity contribution >= 4 is 22.2 Å². The smallest absolute Gasteiger partial charge is 0.151 e. The molecule has 0 amide bonds. The van der Waals surface area contributed by atoms with Gasteiger partial charge in [0.15, 0.2) is 6.29 Å². The van der Waals surface area contributed by atoms with Crippen LogP contribution in [0.1, 0.15) is 42.5 Å². The predicted molar refractivity (Wildman–Crippen MR) is 73.1 cm³/mol. The summed E-state index contributed by atoms with van der Waals surface area (Å²) in [6.45, 7) is 0.299. The van der Waals surface area contributed by atoms with E-state index in [9.17, 15) is 9.90 Å². The highest BCUT2D eigenvalue weighted by Crippen LogP contribution is 2.29. The summed E-state index contributed by atoms with van der Waals surface area (Å²) in [4.78, 5) is 10.8. The average Bonchev–Trinajstić information content (AvgIpc) is 2.39. The molecule has 1 aliphatic rings. The summed E-state index contributed by atoms with van der Waals surface area (Å²) in [5.74, 6) is 0.624. The van der Waals surface area contributed by atoms with Crippen molar-refractivity contribution in [1.82, 2.24) is 0 Å². The molecule has 0 spiro atoms. The van der Waals surface area contributed by atoms with E-state index in [2.05, 4.69) is 15.9 Å². The van der Waals surface area contributed by atoms with Crippen molar-refractivity contribution < 1.29 is 14.6 Å². The van der Waals surface area contributed by atoms with Crippen LogP contribution in [0.15, 0.2) is 22.7 Å². The second-order valence-corrected chi connectivity index (χ2v) is 5.73. The highest BCUT2D eigenvalue weighted by molar-refractivity contribution is 9.10. The Morgan fingerprint density at radius 3 is 2.72 bits per heavy atom. The Labute approximate surface area is 115 Å². The van der Waals surface area contributed by atoms with Crippen molar-refractivity contribution in [3.8, 4) is 5.75 Å². The highest BCUT2D eigenvalue weighted by Gasteiger charge is 2.29. The number of carbonyl (C=O) groups is 1. The number of halogens is 1. The zero-order chi connectivity index (χ0) is 13.0. The van der Waals surface area contributed by atoms with Crippen LogP contribution in [-0.4, -0.2) is 23.6 Å². The third-order valence-electron chi connectivity index (χ3n) is 3.39. The SMILES string of the molecule is O=Cc1cc(OCC2(O)CCCCC2)ccc1Br. The molecule has 0 aromatic heterocycles. The Morgan fingerprint density at radius 2 is 2.06 bits per heavy atom. The number of hydrogen-bond donors (Lipinski definition) is 1. The molecule has 1 aromatic carbocycles. The van der Waals surface area contributed by atoms with Crippen molar-refractivity contribution in [2.24, 2.45) is 0 Å². The zero-order valence-corrected chi connectivity index (χ0v) is 11.8. The molecule has 1 N–H and O–H groups in total. The molecule has 4 heteroatoms. The van der Waals surface area contributed by atoms with E-state index in [1.165, 1.54) is 6.42 Å². The van der Waals surface area contributed by atoms with Crippen molar-refractivity contribution in [1.29, 1.82) is 0 Å². The molecule has 2 rings (SSSR count). The van der Waals surface area contributed by atoms with Crippen molar-refractivity contribution in [2.75, 3.05) is 6.61 Å². The Morgan fingerprint density at radius 1 is 1.33 bits per heavy atom. The molecule has 98 valence electrons. The van der Waals surface area contributed by atoms with E-state index >= 15 is 0 Å². The molecule has 0 heterocycles. The predicted octanol–water partition coefficient (Wildman–Crippen LogP) is 3.34.